The third-order valence-corrected chi connectivity index (χ3v) is 5.59. The van der Waals surface area contributed by atoms with Gasteiger partial charge in [-0.15, -0.1) is 0 Å². The summed E-state index contributed by atoms with van der Waals surface area (Å²) in [6.45, 7) is 6.03. The van der Waals surface area contributed by atoms with Crippen LogP contribution in [0.1, 0.15) is 43.9 Å². The molecule has 4 rings (SSSR count). The van der Waals surface area contributed by atoms with E-state index in [9.17, 15) is 9.59 Å². The lowest BCUT2D eigenvalue weighted by Crippen LogP contribution is -2.33. The molecule has 0 saturated carbocycles. The van der Waals surface area contributed by atoms with Crippen molar-refractivity contribution in [2.75, 3.05) is 24.7 Å². The molecule has 1 saturated heterocycles. The standard InChI is InChI=1S/C24H28N2O4/c1-16(2)24(18-7-10-20-21(15-18)30-13-12-29-20)25-22(27)14-17-5-8-19(9-6-17)26-11-3-4-23(26)28/h5-10,15-16,24H,3-4,11-14H2,1-2H3,(H,25,27). The van der Waals surface area contributed by atoms with E-state index in [4.69, 9.17) is 9.47 Å². The van der Waals surface area contributed by atoms with Gasteiger partial charge in [0.15, 0.2) is 11.5 Å². The first-order valence-corrected chi connectivity index (χ1v) is 10.6. The molecule has 2 aromatic carbocycles. The van der Waals surface area contributed by atoms with E-state index in [0.717, 1.165) is 41.3 Å². The highest BCUT2D eigenvalue weighted by atomic mass is 16.6. The normalized spacial score (nSPS) is 16.6. The molecular weight excluding hydrogens is 380 g/mol. The van der Waals surface area contributed by atoms with E-state index in [1.54, 1.807) is 4.90 Å². The Morgan fingerprint density at radius 2 is 1.80 bits per heavy atom. The molecule has 1 unspecified atom stereocenters. The van der Waals surface area contributed by atoms with E-state index in [1.165, 1.54) is 0 Å². The summed E-state index contributed by atoms with van der Waals surface area (Å²) in [6, 6.07) is 13.4. The monoisotopic (exact) mass is 408 g/mol. The summed E-state index contributed by atoms with van der Waals surface area (Å²) in [5, 5.41) is 3.16. The van der Waals surface area contributed by atoms with Crippen LogP contribution in [0.3, 0.4) is 0 Å². The first kappa shape index (κ1) is 20.3. The van der Waals surface area contributed by atoms with E-state index >= 15 is 0 Å². The number of carbonyl (C=O) groups excluding carboxylic acids is 2. The number of benzene rings is 2. The van der Waals surface area contributed by atoms with Gasteiger partial charge in [-0.25, -0.2) is 0 Å². The quantitative estimate of drug-likeness (QED) is 0.792. The molecule has 158 valence electrons. The largest absolute Gasteiger partial charge is 0.486 e. The minimum absolute atomic E-state index is 0.0337. The van der Waals surface area contributed by atoms with Gasteiger partial charge in [0.25, 0.3) is 0 Å². The Kier molecular flexibility index (Phi) is 5.93. The number of hydrogen-bond donors (Lipinski definition) is 1. The Morgan fingerprint density at radius 3 is 2.47 bits per heavy atom. The van der Waals surface area contributed by atoms with Crippen molar-refractivity contribution in [2.45, 2.75) is 39.2 Å². The van der Waals surface area contributed by atoms with Crippen LogP contribution in [0.5, 0.6) is 11.5 Å². The first-order valence-electron chi connectivity index (χ1n) is 10.6. The zero-order valence-corrected chi connectivity index (χ0v) is 17.5. The molecule has 1 fully saturated rings. The van der Waals surface area contributed by atoms with Crippen LogP contribution in [0.15, 0.2) is 42.5 Å². The van der Waals surface area contributed by atoms with Crippen molar-refractivity contribution in [1.29, 1.82) is 0 Å². The van der Waals surface area contributed by atoms with Gasteiger partial charge in [-0.3, -0.25) is 9.59 Å². The number of anilines is 1. The second-order valence-electron chi connectivity index (χ2n) is 8.18. The number of amides is 2. The van der Waals surface area contributed by atoms with Crippen molar-refractivity contribution in [3.8, 4) is 11.5 Å². The first-order chi connectivity index (χ1) is 14.5. The van der Waals surface area contributed by atoms with E-state index < -0.39 is 0 Å². The van der Waals surface area contributed by atoms with Gasteiger partial charge < -0.3 is 19.7 Å². The van der Waals surface area contributed by atoms with Gasteiger partial charge in [-0.05, 0) is 47.7 Å². The second kappa shape index (κ2) is 8.78. The molecule has 2 amide bonds. The van der Waals surface area contributed by atoms with E-state index in [2.05, 4.69) is 19.2 Å². The van der Waals surface area contributed by atoms with Crippen LogP contribution in [0.25, 0.3) is 0 Å². The Balaban J connectivity index is 1.42. The second-order valence-corrected chi connectivity index (χ2v) is 8.18. The third kappa shape index (κ3) is 4.42. The smallest absolute Gasteiger partial charge is 0.227 e. The molecule has 1 atom stereocenters. The molecule has 2 aliphatic heterocycles. The van der Waals surface area contributed by atoms with Crippen LogP contribution in [0.2, 0.25) is 0 Å². The summed E-state index contributed by atoms with van der Waals surface area (Å²) in [6.07, 6.45) is 1.81. The number of hydrogen-bond acceptors (Lipinski definition) is 4. The molecule has 6 nitrogen and oxygen atoms in total. The average Bonchev–Trinajstić information content (AvgIpc) is 3.18. The van der Waals surface area contributed by atoms with Crippen molar-refractivity contribution in [2.24, 2.45) is 5.92 Å². The van der Waals surface area contributed by atoms with Gasteiger partial charge in [0.05, 0.1) is 12.5 Å². The molecule has 0 aliphatic carbocycles. The van der Waals surface area contributed by atoms with Gasteiger partial charge in [-0.2, -0.15) is 0 Å². The fourth-order valence-corrected chi connectivity index (χ4v) is 4.01. The van der Waals surface area contributed by atoms with Crippen LogP contribution >= 0.6 is 0 Å². The molecule has 2 aliphatic rings. The van der Waals surface area contributed by atoms with Gasteiger partial charge >= 0.3 is 0 Å². The summed E-state index contributed by atoms with van der Waals surface area (Å²) in [5.41, 5.74) is 2.83. The highest BCUT2D eigenvalue weighted by molar-refractivity contribution is 5.95. The Bertz CT molecular complexity index is 923. The lowest BCUT2D eigenvalue weighted by atomic mass is 9.95. The molecule has 0 radical (unpaired) electrons. The molecule has 6 heteroatoms. The van der Waals surface area contributed by atoms with Crippen molar-refractivity contribution in [3.05, 3.63) is 53.6 Å². The SMILES string of the molecule is CC(C)C(NC(=O)Cc1ccc(N2CCCC2=O)cc1)c1ccc2c(c1)OCCO2. The zero-order valence-electron chi connectivity index (χ0n) is 17.5. The summed E-state index contributed by atoms with van der Waals surface area (Å²) in [7, 11) is 0. The minimum Gasteiger partial charge on any atom is -0.486 e. The van der Waals surface area contributed by atoms with Crippen LogP contribution < -0.4 is 19.7 Å². The number of rotatable bonds is 6. The highest BCUT2D eigenvalue weighted by Crippen LogP contribution is 2.34. The van der Waals surface area contributed by atoms with Crippen molar-refractivity contribution in [3.63, 3.8) is 0 Å². The van der Waals surface area contributed by atoms with Gasteiger partial charge in [0.2, 0.25) is 11.8 Å². The number of fused-ring (bicyclic) bond motifs is 1. The minimum atomic E-state index is -0.116. The maximum atomic E-state index is 12.8. The van der Waals surface area contributed by atoms with Crippen LogP contribution in [-0.2, 0) is 16.0 Å². The van der Waals surface area contributed by atoms with Crippen molar-refractivity contribution in [1.82, 2.24) is 5.32 Å². The van der Waals surface area contributed by atoms with E-state index in [1.807, 2.05) is 42.5 Å². The Hall–Kier alpha value is -3.02. The van der Waals surface area contributed by atoms with Crippen molar-refractivity contribution < 1.29 is 19.1 Å². The van der Waals surface area contributed by atoms with Gasteiger partial charge in [-0.1, -0.05) is 32.0 Å². The average molecular weight is 408 g/mol. The number of nitrogens with zero attached hydrogens (tertiary/aromatic N) is 1. The predicted molar refractivity (Wildman–Crippen MR) is 115 cm³/mol. The molecule has 30 heavy (non-hydrogen) atoms. The highest BCUT2D eigenvalue weighted by Gasteiger charge is 2.23. The summed E-state index contributed by atoms with van der Waals surface area (Å²) < 4.78 is 11.3. The number of nitrogens with one attached hydrogen (secondary N) is 1. The molecule has 2 heterocycles. The van der Waals surface area contributed by atoms with E-state index in [0.29, 0.717) is 26.1 Å². The molecule has 0 spiro atoms. The molecule has 2 aromatic rings. The van der Waals surface area contributed by atoms with Crippen LogP contribution in [0, 0.1) is 5.92 Å². The molecule has 1 N–H and O–H groups in total. The molecular formula is C24H28N2O4. The molecule has 0 bridgehead atoms. The zero-order chi connectivity index (χ0) is 21.1. The van der Waals surface area contributed by atoms with Gasteiger partial charge in [0.1, 0.15) is 13.2 Å². The fourth-order valence-electron chi connectivity index (χ4n) is 4.01. The third-order valence-electron chi connectivity index (χ3n) is 5.59. The van der Waals surface area contributed by atoms with Gasteiger partial charge in [0, 0.05) is 18.7 Å². The fraction of sp³-hybridized carbons (Fsp3) is 0.417. The lowest BCUT2D eigenvalue weighted by molar-refractivity contribution is -0.121. The van der Waals surface area contributed by atoms with Crippen LogP contribution in [0.4, 0.5) is 5.69 Å². The Labute approximate surface area is 177 Å². The number of carbonyl (C=O) groups is 2. The lowest BCUT2D eigenvalue weighted by Gasteiger charge is -2.25. The van der Waals surface area contributed by atoms with E-state index in [-0.39, 0.29) is 23.8 Å². The van der Waals surface area contributed by atoms with Crippen LogP contribution in [-0.4, -0.2) is 31.6 Å². The van der Waals surface area contributed by atoms with Crippen molar-refractivity contribution >= 4 is 17.5 Å². The molecule has 0 aromatic heterocycles. The summed E-state index contributed by atoms with van der Waals surface area (Å²) in [4.78, 5) is 26.4. The maximum absolute atomic E-state index is 12.8. The Morgan fingerprint density at radius 1 is 1.07 bits per heavy atom. The summed E-state index contributed by atoms with van der Waals surface area (Å²) in [5.74, 6) is 1.83. The topological polar surface area (TPSA) is 67.9 Å². The summed E-state index contributed by atoms with van der Waals surface area (Å²) >= 11 is 0. The predicted octanol–water partition coefficient (Wildman–Crippen LogP) is 3.64. The number of ether oxygens (including phenoxy) is 2. The maximum Gasteiger partial charge on any atom is 0.227 e.